The van der Waals surface area contributed by atoms with E-state index in [1.165, 1.54) is 0 Å². The van der Waals surface area contributed by atoms with Crippen LogP contribution in [0, 0.1) is 0 Å². The molecule has 0 bridgehead atoms. The molecule has 1 saturated heterocycles. The van der Waals surface area contributed by atoms with Gasteiger partial charge in [-0.15, -0.1) is 12.4 Å². The fourth-order valence-electron chi connectivity index (χ4n) is 3.00. The molecule has 1 N–H and O–H groups in total. The molecule has 1 atom stereocenters. The van der Waals surface area contributed by atoms with Gasteiger partial charge in [0.2, 0.25) is 5.91 Å². The molecule has 2 aromatic rings. The van der Waals surface area contributed by atoms with Crippen LogP contribution in [0.25, 0.3) is 0 Å². The molecule has 1 fully saturated rings. The normalized spacial score (nSPS) is 16.5. The summed E-state index contributed by atoms with van der Waals surface area (Å²) >= 11 is 6.32. The predicted octanol–water partition coefficient (Wildman–Crippen LogP) is 3.33. The summed E-state index contributed by atoms with van der Waals surface area (Å²) in [6, 6.07) is 17.1. The van der Waals surface area contributed by atoms with E-state index in [2.05, 4.69) is 5.32 Å². The molecule has 1 heterocycles. The average molecular weight is 411 g/mol. The van der Waals surface area contributed by atoms with Gasteiger partial charge in [-0.3, -0.25) is 4.79 Å². The Morgan fingerprint density at radius 1 is 1.11 bits per heavy atom. The maximum absolute atomic E-state index is 12.6. The number of nitrogens with one attached hydrogen (secondary N) is 1. The van der Waals surface area contributed by atoms with E-state index < -0.39 is 0 Å². The molecule has 1 amide bonds. The molecule has 3 rings (SSSR count). The predicted molar refractivity (Wildman–Crippen MR) is 109 cm³/mol. The zero-order valence-electron chi connectivity index (χ0n) is 15.0. The van der Waals surface area contributed by atoms with Crippen LogP contribution in [-0.4, -0.2) is 50.3 Å². The summed E-state index contributed by atoms with van der Waals surface area (Å²) in [5.74, 6) is 0.763. The molecule has 2 aromatic carbocycles. The number of halogens is 2. The zero-order chi connectivity index (χ0) is 18.2. The highest BCUT2D eigenvalue weighted by atomic mass is 35.5. The lowest BCUT2D eigenvalue weighted by Crippen LogP contribution is -2.49. The Kier molecular flexibility index (Phi) is 8.88. The van der Waals surface area contributed by atoms with Crippen molar-refractivity contribution in [3.8, 4) is 5.75 Å². The Morgan fingerprint density at radius 3 is 2.63 bits per heavy atom. The van der Waals surface area contributed by atoms with Gasteiger partial charge < -0.3 is 19.7 Å². The molecular weight excluding hydrogens is 387 g/mol. The zero-order valence-corrected chi connectivity index (χ0v) is 16.5. The van der Waals surface area contributed by atoms with Crippen molar-refractivity contribution in [3.05, 3.63) is 65.2 Å². The minimum Gasteiger partial charge on any atom is -0.491 e. The Hall–Kier alpha value is -1.79. The maximum Gasteiger partial charge on any atom is 0.249 e. The molecule has 0 radical (unpaired) electrons. The summed E-state index contributed by atoms with van der Waals surface area (Å²) in [6.45, 7) is 2.91. The van der Waals surface area contributed by atoms with Crippen molar-refractivity contribution in [2.24, 2.45) is 0 Å². The molecular formula is C20H24Cl2N2O3. The van der Waals surface area contributed by atoms with E-state index in [9.17, 15) is 4.79 Å². The number of piperazine rings is 1. The summed E-state index contributed by atoms with van der Waals surface area (Å²) in [7, 11) is 0. The molecule has 1 aliphatic heterocycles. The van der Waals surface area contributed by atoms with Crippen molar-refractivity contribution < 1.29 is 14.3 Å². The van der Waals surface area contributed by atoms with Gasteiger partial charge in [-0.1, -0.05) is 48.0 Å². The number of para-hydroxylation sites is 1. The van der Waals surface area contributed by atoms with E-state index in [0.29, 0.717) is 31.3 Å². The van der Waals surface area contributed by atoms with E-state index in [-0.39, 0.29) is 31.0 Å². The van der Waals surface area contributed by atoms with Crippen LogP contribution in [0.4, 0.5) is 0 Å². The number of nitrogens with zero attached hydrogens (tertiary/aromatic N) is 1. The maximum atomic E-state index is 12.6. The van der Waals surface area contributed by atoms with Crippen LogP contribution in [0.1, 0.15) is 11.6 Å². The van der Waals surface area contributed by atoms with Crippen molar-refractivity contribution >= 4 is 29.9 Å². The molecule has 1 unspecified atom stereocenters. The highest BCUT2D eigenvalue weighted by molar-refractivity contribution is 6.31. The van der Waals surface area contributed by atoms with Gasteiger partial charge in [-0.05, 0) is 23.8 Å². The Morgan fingerprint density at radius 2 is 1.85 bits per heavy atom. The summed E-state index contributed by atoms with van der Waals surface area (Å²) < 4.78 is 11.1. The van der Waals surface area contributed by atoms with Crippen molar-refractivity contribution in [3.63, 3.8) is 0 Å². The Labute approximate surface area is 171 Å². The van der Waals surface area contributed by atoms with Gasteiger partial charge in [0.15, 0.2) is 0 Å². The lowest BCUT2D eigenvalue weighted by atomic mass is 10.0. The Balaban J connectivity index is 0.00000261. The number of hydrogen-bond acceptors (Lipinski definition) is 4. The van der Waals surface area contributed by atoms with E-state index in [0.717, 1.165) is 17.9 Å². The summed E-state index contributed by atoms with van der Waals surface area (Å²) in [6.07, 6.45) is 0. The van der Waals surface area contributed by atoms with E-state index in [4.69, 9.17) is 21.1 Å². The monoisotopic (exact) mass is 410 g/mol. The molecule has 0 spiro atoms. The number of ether oxygens (including phenoxy) is 2. The first-order valence-corrected chi connectivity index (χ1v) is 9.13. The fourth-order valence-corrected chi connectivity index (χ4v) is 3.27. The van der Waals surface area contributed by atoms with Crippen LogP contribution in [0.15, 0.2) is 54.6 Å². The smallest absolute Gasteiger partial charge is 0.249 e. The number of benzene rings is 2. The van der Waals surface area contributed by atoms with Gasteiger partial charge in [0, 0.05) is 24.7 Å². The van der Waals surface area contributed by atoms with Crippen molar-refractivity contribution in [2.45, 2.75) is 6.04 Å². The minimum atomic E-state index is -0.0749. The summed E-state index contributed by atoms with van der Waals surface area (Å²) in [4.78, 5) is 14.5. The van der Waals surface area contributed by atoms with Crippen LogP contribution in [0.3, 0.4) is 0 Å². The Bertz CT molecular complexity index is 715. The number of carbonyl (C=O) groups excluding carboxylic acids is 1. The van der Waals surface area contributed by atoms with E-state index in [1.54, 1.807) is 0 Å². The molecule has 0 saturated carbocycles. The summed E-state index contributed by atoms with van der Waals surface area (Å²) in [5, 5.41) is 4.00. The standard InChI is InChI=1S/C20H23ClN2O3.ClH/c21-18-9-5-4-8-17(18)19-14-22-10-11-23(19)20(24)15-25-12-13-26-16-6-2-1-3-7-16;/h1-9,19,22H,10-15H2;1H. The number of amides is 1. The van der Waals surface area contributed by atoms with Gasteiger partial charge in [0.1, 0.15) is 19.0 Å². The first-order chi connectivity index (χ1) is 12.8. The first-order valence-electron chi connectivity index (χ1n) is 8.76. The molecule has 146 valence electrons. The number of rotatable bonds is 7. The quantitative estimate of drug-likeness (QED) is 0.711. The van der Waals surface area contributed by atoms with Crippen LogP contribution in [0.5, 0.6) is 5.75 Å². The molecule has 5 nitrogen and oxygen atoms in total. The van der Waals surface area contributed by atoms with Crippen molar-refractivity contribution in [1.29, 1.82) is 0 Å². The minimum absolute atomic E-state index is 0. The SMILES string of the molecule is Cl.O=C(COCCOc1ccccc1)N1CCNCC1c1ccccc1Cl. The average Bonchev–Trinajstić information content (AvgIpc) is 2.69. The van der Waals surface area contributed by atoms with Gasteiger partial charge >= 0.3 is 0 Å². The van der Waals surface area contributed by atoms with Crippen molar-refractivity contribution in [1.82, 2.24) is 10.2 Å². The van der Waals surface area contributed by atoms with Crippen LogP contribution < -0.4 is 10.1 Å². The largest absolute Gasteiger partial charge is 0.491 e. The lowest BCUT2D eigenvalue weighted by molar-refractivity contribution is -0.139. The van der Waals surface area contributed by atoms with E-state index in [1.807, 2.05) is 59.5 Å². The third kappa shape index (κ3) is 6.11. The fraction of sp³-hybridized carbons (Fsp3) is 0.350. The van der Waals surface area contributed by atoms with Gasteiger partial charge in [-0.25, -0.2) is 0 Å². The number of carbonyl (C=O) groups is 1. The molecule has 27 heavy (non-hydrogen) atoms. The second-order valence-corrected chi connectivity index (χ2v) is 6.45. The third-order valence-electron chi connectivity index (χ3n) is 4.29. The van der Waals surface area contributed by atoms with Crippen LogP contribution in [0.2, 0.25) is 5.02 Å². The topological polar surface area (TPSA) is 50.8 Å². The van der Waals surface area contributed by atoms with Crippen molar-refractivity contribution in [2.75, 3.05) is 39.5 Å². The second-order valence-electron chi connectivity index (χ2n) is 6.04. The highest BCUT2D eigenvalue weighted by Gasteiger charge is 2.28. The van der Waals surface area contributed by atoms with E-state index >= 15 is 0 Å². The molecule has 1 aliphatic rings. The van der Waals surface area contributed by atoms with Crippen LogP contribution in [-0.2, 0) is 9.53 Å². The lowest BCUT2D eigenvalue weighted by Gasteiger charge is -2.37. The third-order valence-corrected chi connectivity index (χ3v) is 4.64. The molecule has 0 aromatic heterocycles. The summed E-state index contributed by atoms with van der Waals surface area (Å²) in [5.41, 5.74) is 0.960. The second kappa shape index (κ2) is 11.1. The molecule has 0 aliphatic carbocycles. The first kappa shape index (κ1) is 21.5. The number of hydrogen-bond donors (Lipinski definition) is 1. The molecule has 7 heteroatoms. The van der Waals surface area contributed by atoms with Gasteiger partial charge in [0.05, 0.1) is 12.6 Å². The van der Waals surface area contributed by atoms with Gasteiger partial charge in [0.25, 0.3) is 0 Å². The highest BCUT2D eigenvalue weighted by Crippen LogP contribution is 2.28. The van der Waals surface area contributed by atoms with Crippen LogP contribution >= 0.6 is 24.0 Å². The van der Waals surface area contributed by atoms with Gasteiger partial charge in [-0.2, -0.15) is 0 Å².